The SMILES string of the molecule is COc1cc2c3c(n(S(=O)(=O)c4ccccc4)c2cc1OC)CCN(S(=O)(=O)Cc1ccccc1)C3. The lowest BCUT2D eigenvalue weighted by Crippen LogP contribution is -2.37. The van der Waals surface area contributed by atoms with Crippen molar-refractivity contribution in [2.45, 2.75) is 23.6 Å². The normalized spacial score (nSPS) is 14.5. The third-order valence-corrected chi connectivity index (χ3v) is 10.0. The van der Waals surface area contributed by atoms with Crippen LogP contribution in [0.1, 0.15) is 16.8 Å². The first-order valence-electron chi connectivity index (χ1n) is 11.4. The molecule has 5 rings (SSSR count). The molecule has 0 spiro atoms. The molecular weight excluding hydrogens is 500 g/mol. The summed E-state index contributed by atoms with van der Waals surface area (Å²) in [6.07, 6.45) is 0.245. The summed E-state index contributed by atoms with van der Waals surface area (Å²) in [6.45, 7) is 0.241. The van der Waals surface area contributed by atoms with E-state index in [0.717, 1.165) is 0 Å². The van der Waals surface area contributed by atoms with Gasteiger partial charge in [0.15, 0.2) is 11.5 Å². The van der Waals surface area contributed by atoms with Gasteiger partial charge in [0.25, 0.3) is 10.0 Å². The van der Waals surface area contributed by atoms with Crippen molar-refractivity contribution >= 4 is 30.9 Å². The van der Waals surface area contributed by atoms with Gasteiger partial charge in [0.1, 0.15) is 0 Å². The Bertz CT molecular complexity index is 1630. The van der Waals surface area contributed by atoms with Crippen molar-refractivity contribution in [2.24, 2.45) is 0 Å². The van der Waals surface area contributed by atoms with Crippen molar-refractivity contribution in [1.29, 1.82) is 0 Å². The Balaban J connectivity index is 1.67. The van der Waals surface area contributed by atoms with Crippen molar-refractivity contribution in [1.82, 2.24) is 8.28 Å². The van der Waals surface area contributed by atoms with E-state index in [4.69, 9.17) is 9.47 Å². The molecule has 188 valence electrons. The summed E-state index contributed by atoms with van der Waals surface area (Å²) < 4.78 is 67.9. The van der Waals surface area contributed by atoms with Gasteiger partial charge in [0, 0.05) is 36.7 Å². The van der Waals surface area contributed by atoms with Gasteiger partial charge in [0.05, 0.1) is 30.4 Å². The molecule has 0 saturated heterocycles. The third-order valence-electron chi connectivity index (χ3n) is 6.44. The Labute approximate surface area is 210 Å². The average Bonchev–Trinajstić information content (AvgIpc) is 3.22. The van der Waals surface area contributed by atoms with E-state index >= 15 is 0 Å². The maximum Gasteiger partial charge on any atom is 0.268 e. The minimum atomic E-state index is -3.96. The van der Waals surface area contributed by atoms with Crippen molar-refractivity contribution < 1.29 is 26.3 Å². The summed E-state index contributed by atoms with van der Waals surface area (Å²) in [5.74, 6) is 0.700. The highest BCUT2D eigenvalue weighted by atomic mass is 32.2. The van der Waals surface area contributed by atoms with Crippen LogP contribution >= 0.6 is 0 Å². The first-order chi connectivity index (χ1) is 17.3. The number of nitrogens with zero attached hydrogens (tertiary/aromatic N) is 2. The lowest BCUT2D eigenvalue weighted by Gasteiger charge is -2.27. The molecule has 1 aliphatic heterocycles. The number of hydrogen-bond donors (Lipinski definition) is 0. The number of fused-ring (bicyclic) bond motifs is 3. The standard InChI is InChI=1S/C26H26N2O6S2/c1-33-25-15-21-22-17-27(35(29,30)18-19-9-5-3-6-10-19)14-13-23(22)28(24(21)16-26(25)34-2)36(31,32)20-11-7-4-8-12-20/h3-12,15-16H,13-14,17-18H2,1-2H3. The molecule has 36 heavy (non-hydrogen) atoms. The van der Waals surface area contributed by atoms with Gasteiger partial charge in [-0.05, 0) is 29.3 Å². The van der Waals surface area contributed by atoms with E-state index in [1.807, 2.05) is 6.07 Å². The first kappa shape index (κ1) is 24.4. The fourth-order valence-corrected chi connectivity index (χ4v) is 7.81. The Morgan fingerprint density at radius 3 is 2.08 bits per heavy atom. The van der Waals surface area contributed by atoms with Gasteiger partial charge in [-0.1, -0.05) is 48.5 Å². The van der Waals surface area contributed by atoms with Crippen LogP contribution in [0.15, 0.2) is 77.7 Å². The molecule has 0 fully saturated rings. The predicted molar refractivity (Wildman–Crippen MR) is 137 cm³/mol. The van der Waals surface area contributed by atoms with E-state index in [1.165, 1.54) is 22.5 Å². The molecule has 1 aromatic heterocycles. The summed E-state index contributed by atoms with van der Waals surface area (Å²) in [5.41, 5.74) is 2.33. The van der Waals surface area contributed by atoms with Gasteiger partial charge < -0.3 is 9.47 Å². The summed E-state index contributed by atoms with van der Waals surface area (Å²) in [5, 5.41) is 0.613. The smallest absolute Gasteiger partial charge is 0.268 e. The number of methoxy groups -OCH3 is 2. The van der Waals surface area contributed by atoms with E-state index in [9.17, 15) is 16.8 Å². The summed E-state index contributed by atoms with van der Waals surface area (Å²) in [7, 11) is -4.60. The molecule has 10 heteroatoms. The molecule has 0 N–H and O–H groups in total. The fourth-order valence-electron chi connectivity index (χ4n) is 4.70. The zero-order chi connectivity index (χ0) is 25.5. The molecular formula is C26H26N2O6S2. The molecule has 0 bridgehead atoms. The number of aromatic nitrogens is 1. The van der Waals surface area contributed by atoms with Crippen LogP contribution in [0.5, 0.6) is 11.5 Å². The Hall–Kier alpha value is -3.34. The number of hydrogen-bond acceptors (Lipinski definition) is 6. The highest BCUT2D eigenvalue weighted by Gasteiger charge is 2.34. The van der Waals surface area contributed by atoms with Crippen LogP contribution in [0.3, 0.4) is 0 Å². The van der Waals surface area contributed by atoms with Crippen LogP contribution in [0, 0.1) is 0 Å². The largest absolute Gasteiger partial charge is 0.493 e. The monoisotopic (exact) mass is 526 g/mol. The molecule has 1 aliphatic rings. The fraction of sp³-hybridized carbons (Fsp3) is 0.231. The Morgan fingerprint density at radius 1 is 0.833 bits per heavy atom. The summed E-state index contributed by atoms with van der Waals surface area (Å²) >= 11 is 0. The van der Waals surface area contributed by atoms with E-state index in [1.54, 1.807) is 66.7 Å². The molecule has 2 heterocycles. The molecule has 4 aromatic rings. The zero-order valence-electron chi connectivity index (χ0n) is 19.9. The summed E-state index contributed by atoms with van der Waals surface area (Å²) in [6, 6.07) is 20.6. The van der Waals surface area contributed by atoms with Crippen molar-refractivity contribution in [3.63, 3.8) is 0 Å². The summed E-state index contributed by atoms with van der Waals surface area (Å²) in [4.78, 5) is 0.151. The number of ether oxygens (including phenoxy) is 2. The van der Waals surface area contributed by atoms with Crippen LogP contribution in [0.2, 0.25) is 0 Å². The van der Waals surface area contributed by atoms with E-state index < -0.39 is 20.0 Å². The minimum Gasteiger partial charge on any atom is -0.493 e. The van der Waals surface area contributed by atoms with Crippen LogP contribution in [-0.4, -0.2) is 45.9 Å². The molecule has 0 aliphatic carbocycles. The van der Waals surface area contributed by atoms with Crippen LogP contribution in [-0.2, 0) is 38.8 Å². The average molecular weight is 527 g/mol. The minimum absolute atomic E-state index is 0.0633. The maximum absolute atomic E-state index is 13.8. The third kappa shape index (κ3) is 4.15. The second kappa shape index (κ2) is 9.27. The lowest BCUT2D eigenvalue weighted by molar-refractivity contribution is 0.355. The number of benzene rings is 3. The van der Waals surface area contributed by atoms with Gasteiger partial charge in [-0.15, -0.1) is 0 Å². The van der Waals surface area contributed by atoms with Crippen LogP contribution in [0.25, 0.3) is 10.9 Å². The highest BCUT2D eigenvalue weighted by molar-refractivity contribution is 7.90. The number of sulfonamides is 1. The van der Waals surface area contributed by atoms with Crippen LogP contribution in [0.4, 0.5) is 0 Å². The van der Waals surface area contributed by atoms with Gasteiger partial charge in [-0.3, -0.25) is 0 Å². The van der Waals surface area contributed by atoms with Crippen LogP contribution < -0.4 is 9.47 Å². The van der Waals surface area contributed by atoms with Gasteiger partial charge in [-0.25, -0.2) is 20.8 Å². The predicted octanol–water partition coefficient (Wildman–Crippen LogP) is 3.78. The van der Waals surface area contributed by atoms with Gasteiger partial charge in [-0.2, -0.15) is 4.31 Å². The highest BCUT2D eigenvalue weighted by Crippen LogP contribution is 2.40. The Kier molecular flexibility index (Phi) is 6.27. The topological polar surface area (TPSA) is 94.9 Å². The second-order valence-electron chi connectivity index (χ2n) is 8.56. The zero-order valence-corrected chi connectivity index (χ0v) is 21.6. The number of rotatable bonds is 7. The second-order valence-corrected chi connectivity index (χ2v) is 12.3. The van der Waals surface area contributed by atoms with Crippen molar-refractivity contribution in [3.8, 4) is 11.5 Å². The maximum atomic E-state index is 13.8. The van der Waals surface area contributed by atoms with Crippen molar-refractivity contribution in [2.75, 3.05) is 20.8 Å². The first-order valence-corrected chi connectivity index (χ1v) is 14.4. The van der Waals surface area contributed by atoms with E-state index in [2.05, 4.69) is 0 Å². The Morgan fingerprint density at radius 2 is 1.44 bits per heavy atom. The van der Waals surface area contributed by atoms with E-state index in [-0.39, 0.29) is 30.2 Å². The molecule has 0 saturated carbocycles. The molecule has 0 atom stereocenters. The molecule has 3 aromatic carbocycles. The molecule has 0 unspecified atom stereocenters. The molecule has 0 radical (unpaired) electrons. The van der Waals surface area contributed by atoms with E-state index in [0.29, 0.717) is 39.2 Å². The van der Waals surface area contributed by atoms with Gasteiger partial charge >= 0.3 is 0 Å². The molecule has 0 amide bonds. The molecule has 8 nitrogen and oxygen atoms in total. The quantitative estimate of drug-likeness (QED) is 0.364. The van der Waals surface area contributed by atoms with Crippen molar-refractivity contribution in [3.05, 3.63) is 89.6 Å². The lowest BCUT2D eigenvalue weighted by atomic mass is 10.1. The van der Waals surface area contributed by atoms with Gasteiger partial charge in [0.2, 0.25) is 10.0 Å².